The van der Waals surface area contributed by atoms with Crippen molar-refractivity contribution in [2.24, 2.45) is 5.92 Å². The van der Waals surface area contributed by atoms with Gasteiger partial charge in [0.2, 0.25) is 5.91 Å². The second-order valence-electron chi connectivity index (χ2n) is 5.40. The standard InChI is InChI=1S/C14H19NO/c1-14(2,3)15-10-9-11-7-5-4-6-8-12(11)13(15)16/h4-8,12H,9-10H2,1-3H3. The molecule has 2 heteroatoms. The highest BCUT2D eigenvalue weighted by molar-refractivity contribution is 5.85. The maximum Gasteiger partial charge on any atom is 0.234 e. The van der Waals surface area contributed by atoms with Crippen LogP contribution in [-0.4, -0.2) is 22.9 Å². The van der Waals surface area contributed by atoms with E-state index in [4.69, 9.17) is 0 Å². The first kappa shape index (κ1) is 11.2. The molecule has 0 aromatic carbocycles. The molecule has 0 bridgehead atoms. The maximum absolute atomic E-state index is 12.4. The average Bonchev–Trinajstić information content (AvgIpc) is 2.41. The highest BCUT2D eigenvalue weighted by Gasteiger charge is 2.36. The molecule has 0 N–H and O–H groups in total. The van der Waals surface area contributed by atoms with Crippen LogP contribution in [0.25, 0.3) is 0 Å². The van der Waals surface area contributed by atoms with E-state index < -0.39 is 0 Å². The predicted octanol–water partition coefficient (Wildman–Crippen LogP) is 2.69. The molecule has 1 unspecified atom stereocenters. The van der Waals surface area contributed by atoms with Crippen molar-refractivity contribution in [2.45, 2.75) is 32.7 Å². The first-order chi connectivity index (χ1) is 7.50. The fraction of sp³-hybridized carbons (Fsp3) is 0.500. The summed E-state index contributed by atoms with van der Waals surface area (Å²) in [5.41, 5.74) is 1.17. The molecule has 1 heterocycles. The third kappa shape index (κ3) is 1.97. The van der Waals surface area contributed by atoms with Crippen molar-refractivity contribution in [1.29, 1.82) is 0 Å². The van der Waals surface area contributed by atoms with Crippen molar-refractivity contribution >= 4 is 5.91 Å². The van der Waals surface area contributed by atoms with Crippen LogP contribution in [0, 0.1) is 5.92 Å². The number of carbonyl (C=O) groups excluding carboxylic acids is 1. The Kier molecular flexibility index (Phi) is 2.75. The van der Waals surface area contributed by atoms with Gasteiger partial charge in [-0.15, -0.1) is 0 Å². The minimum atomic E-state index is -0.0732. The summed E-state index contributed by atoms with van der Waals surface area (Å²) in [6, 6.07) is 0. The lowest BCUT2D eigenvalue weighted by molar-refractivity contribution is -0.139. The van der Waals surface area contributed by atoms with Gasteiger partial charge in [0.1, 0.15) is 0 Å². The minimum absolute atomic E-state index is 0.0389. The molecule has 2 aliphatic rings. The summed E-state index contributed by atoms with van der Waals surface area (Å²) in [7, 11) is 0. The molecule has 0 aromatic heterocycles. The molecule has 0 aromatic rings. The van der Waals surface area contributed by atoms with Crippen molar-refractivity contribution in [3.05, 3.63) is 36.0 Å². The number of nitrogens with zero attached hydrogens (tertiary/aromatic N) is 1. The monoisotopic (exact) mass is 217 g/mol. The number of hydrogen-bond donors (Lipinski definition) is 0. The molecule has 2 rings (SSSR count). The minimum Gasteiger partial charge on any atom is -0.337 e. The number of fused-ring (bicyclic) bond motifs is 1. The topological polar surface area (TPSA) is 20.3 Å². The number of likely N-dealkylation sites (tertiary alicyclic amines) is 1. The van der Waals surface area contributed by atoms with E-state index in [1.165, 1.54) is 5.57 Å². The first-order valence-electron chi connectivity index (χ1n) is 5.85. The van der Waals surface area contributed by atoms with Gasteiger partial charge in [-0.25, -0.2) is 0 Å². The van der Waals surface area contributed by atoms with E-state index in [2.05, 4.69) is 26.8 Å². The highest BCUT2D eigenvalue weighted by atomic mass is 16.2. The highest BCUT2D eigenvalue weighted by Crippen LogP contribution is 2.30. The molecule has 1 amide bonds. The molecule has 0 saturated carbocycles. The smallest absolute Gasteiger partial charge is 0.234 e. The van der Waals surface area contributed by atoms with Gasteiger partial charge in [0.25, 0.3) is 0 Å². The van der Waals surface area contributed by atoms with Gasteiger partial charge >= 0.3 is 0 Å². The number of piperidine rings is 1. The van der Waals surface area contributed by atoms with E-state index >= 15 is 0 Å². The Morgan fingerprint density at radius 3 is 2.69 bits per heavy atom. The molecule has 1 saturated heterocycles. The third-order valence-corrected chi connectivity index (χ3v) is 3.20. The zero-order chi connectivity index (χ0) is 11.8. The molecule has 16 heavy (non-hydrogen) atoms. The Labute approximate surface area is 97.3 Å². The number of amides is 1. The summed E-state index contributed by atoms with van der Waals surface area (Å²) in [6.45, 7) is 7.13. The van der Waals surface area contributed by atoms with Crippen LogP contribution in [0.15, 0.2) is 36.0 Å². The molecule has 1 fully saturated rings. The Bertz CT molecular complexity index is 382. The second kappa shape index (κ2) is 3.93. The predicted molar refractivity (Wildman–Crippen MR) is 65.9 cm³/mol. The molecule has 1 atom stereocenters. The Hall–Kier alpha value is -1.31. The number of carbonyl (C=O) groups is 1. The van der Waals surface area contributed by atoms with E-state index in [0.29, 0.717) is 0 Å². The SMILES string of the molecule is CC(C)(C)N1CCC2=CC=CC=CC2C1=O. The van der Waals surface area contributed by atoms with Crippen molar-refractivity contribution < 1.29 is 4.79 Å². The zero-order valence-electron chi connectivity index (χ0n) is 10.2. The van der Waals surface area contributed by atoms with Crippen LogP contribution in [0.2, 0.25) is 0 Å². The summed E-state index contributed by atoms with van der Waals surface area (Å²) < 4.78 is 0. The Morgan fingerprint density at radius 1 is 1.25 bits per heavy atom. The van der Waals surface area contributed by atoms with E-state index in [1.807, 2.05) is 29.2 Å². The second-order valence-corrected chi connectivity index (χ2v) is 5.40. The molecular weight excluding hydrogens is 198 g/mol. The van der Waals surface area contributed by atoms with Crippen molar-refractivity contribution in [1.82, 2.24) is 4.90 Å². The van der Waals surface area contributed by atoms with Gasteiger partial charge in [-0.05, 0) is 27.2 Å². The summed E-state index contributed by atoms with van der Waals surface area (Å²) >= 11 is 0. The summed E-state index contributed by atoms with van der Waals surface area (Å²) in [5, 5.41) is 0. The first-order valence-corrected chi connectivity index (χ1v) is 5.85. The quantitative estimate of drug-likeness (QED) is 0.611. The third-order valence-electron chi connectivity index (χ3n) is 3.20. The van der Waals surface area contributed by atoms with Crippen LogP contribution in [-0.2, 0) is 4.79 Å². The van der Waals surface area contributed by atoms with Gasteiger partial charge in [-0.3, -0.25) is 4.79 Å². The molecular formula is C14H19NO. The molecule has 0 radical (unpaired) electrons. The molecule has 2 nitrogen and oxygen atoms in total. The van der Waals surface area contributed by atoms with Crippen LogP contribution in [0.1, 0.15) is 27.2 Å². The fourth-order valence-corrected chi connectivity index (χ4v) is 2.31. The van der Waals surface area contributed by atoms with Crippen molar-refractivity contribution in [2.75, 3.05) is 6.54 Å². The van der Waals surface area contributed by atoms with E-state index in [1.54, 1.807) is 0 Å². The number of allylic oxidation sites excluding steroid dienone is 4. The van der Waals surface area contributed by atoms with Crippen LogP contribution in [0.4, 0.5) is 0 Å². The summed E-state index contributed by atoms with van der Waals surface area (Å²) in [6.07, 6.45) is 11.1. The number of hydrogen-bond acceptors (Lipinski definition) is 1. The van der Waals surface area contributed by atoms with Crippen LogP contribution >= 0.6 is 0 Å². The lowest BCUT2D eigenvalue weighted by Crippen LogP contribution is -2.51. The van der Waals surface area contributed by atoms with Gasteiger partial charge in [0.15, 0.2) is 0 Å². The van der Waals surface area contributed by atoms with Crippen molar-refractivity contribution in [3.8, 4) is 0 Å². The molecule has 1 aliphatic carbocycles. The van der Waals surface area contributed by atoms with E-state index in [9.17, 15) is 4.79 Å². The fourth-order valence-electron chi connectivity index (χ4n) is 2.31. The average molecular weight is 217 g/mol. The van der Waals surface area contributed by atoms with Gasteiger partial charge in [-0.2, -0.15) is 0 Å². The van der Waals surface area contributed by atoms with E-state index in [-0.39, 0.29) is 17.4 Å². The molecule has 86 valence electrons. The summed E-state index contributed by atoms with van der Waals surface area (Å²) in [5.74, 6) is 0.202. The molecule has 0 spiro atoms. The van der Waals surface area contributed by atoms with Crippen LogP contribution in [0.5, 0.6) is 0 Å². The van der Waals surface area contributed by atoms with Crippen LogP contribution < -0.4 is 0 Å². The Morgan fingerprint density at radius 2 is 2.00 bits per heavy atom. The number of rotatable bonds is 0. The lowest BCUT2D eigenvalue weighted by atomic mass is 9.88. The normalized spacial score (nSPS) is 25.2. The van der Waals surface area contributed by atoms with Crippen molar-refractivity contribution in [3.63, 3.8) is 0 Å². The van der Waals surface area contributed by atoms with Gasteiger partial charge < -0.3 is 4.90 Å². The Balaban J connectivity index is 2.28. The summed E-state index contributed by atoms with van der Waals surface area (Å²) in [4.78, 5) is 14.4. The lowest BCUT2D eigenvalue weighted by Gasteiger charge is -2.41. The largest absolute Gasteiger partial charge is 0.337 e. The maximum atomic E-state index is 12.4. The van der Waals surface area contributed by atoms with Gasteiger partial charge in [0.05, 0.1) is 5.92 Å². The van der Waals surface area contributed by atoms with Crippen LogP contribution in [0.3, 0.4) is 0 Å². The van der Waals surface area contributed by atoms with Gasteiger partial charge in [0, 0.05) is 12.1 Å². The zero-order valence-corrected chi connectivity index (χ0v) is 10.2. The van der Waals surface area contributed by atoms with Gasteiger partial charge in [-0.1, -0.05) is 36.0 Å². The van der Waals surface area contributed by atoms with E-state index in [0.717, 1.165) is 13.0 Å². The molecule has 1 aliphatic heterocycles.